The molecule has 2 atom stereocenters. The fourth-order valence-corrected chi connectivity index (χ4v) is 2.23. The number of ether oxygens (including phenoxy) is 1. The number of nitrogens with zero attached hydrogens (tertiary/aromatic N) is 1. The van der Waals surface area contributed by atoms with Gasteiger partial charge in [0.05, 0.1) is 11.6 Å². The SMILES string of the molecule is N#Cc1ccc(OC2CCCCCC2N)cc1. The number of hydrogen-bond donors (Lipinski definition) is 1. The summed E-state index contributed by atoms with van der Waals surface area (Å²) in [5, 5.41) is 8.72. The van der Waals surface area contributed by atoms with Crippen LogP contribution in [0.25, 0.3) is 0 Å². The van der Waals surface area contributed by atoms with Crippen molar-refractivity contribution in [2.24, 2.45) is 5.73 Å². The van der Waals surface area contributed by atoms with Crippen LogP contribution >= 0.6 is 0 Å². The molecule has 90 valence electrons. The second kappa shape index (κ2) is 5.70. The maximum atomic E-state index is 8.72. The Morgan fingerprint density at radius 1 is 1.12 bits per heavy atom. The summed E-state index contributed by atoms with van der Waals surface area (Å²) in [6, 6.07) is 9.47. The Kier molecular flexibility index (Phi) is 4.00. The second-order valence-electron chi connectivity index (χ2n) is 4.59. The summed E-state index contributed by atoms with van der Waals surface area (Å²) in [7, 11) is 0. The van der Waals surface area contributed by atoms with Gasteiger partial charge in [-0.15, -0.1) is 0 Å². The molecule has 1 aliphatic rings. The van der Waals surface area contributed by atoms with Crippen LogP contribution in [0.3, 0.4) is 0 Å². The van der Waals surface area contributed by atoms with Crippen LogP contribution in [0.1, 0.15) is 37.7 Å². The van der Waals surface area contributed by atoms with Gasteiger partial charge >= 0.3 is 0 Å². The molecule has 0 spiro atoms. The molecule has 0 aliphatic heterocycles. The number of rotatable bonds is 2. The number of hydrogen-bond acceptors (Lipinski definition) is 3. The maximum Gasteiger partial charge on any atom is 0.119 e. The molecule has 1 aromatic rings. The third-order valence-corrected chi connectivity index (χ3v) is 3.27. The summed E-state index contributed by atoms with van der Waals surface area (Å²) in [6.45, 7) is 0. The van der Waals surface area contributed by atoms with Crippen molar-refractivity contribution in [2.75, 3.05) is 0 Å². The van der Waals surface area contributed by atoms with Gasteiger partial charge in [-0.1, -0.05) is 12.8 Å². The first-order chi connectivity index (χ1) is 8.29. The quantitative estimate of drug-likeness (QED) is 0.794. The molecule has 2 N–H and O–H groups in total. The van der Waals surface area contributed by atoms with Crippen molar-refractivity contribution in [2.45, 2.75) is 44.2 Å². The van der Waals surface area contributed by atoms with Gasteiger partial charge in [0.2, 0.25) is 0 Å². The molecule has 1 fully saturated rings. The van der Waals surface area contributed by atoms with Crippen LogP contribution in [0, 0.1) is 11.3 Å². The van der Waals surface area contributed by atoms with Crippen LogP contribution < -0.4 is 10.5 Å². The Labute approximate surface area is 102 Å². The fraction of sp³-hybridized carbons (Fsp3) is 0.500. The minimum Gasteiger partial charge on any atom is -0.489 e. The van der Waals surface area contributed by atoms with E-state index in [0.717, 1.165) is 18.6 Å². The van der Waals surface area contributed by atoms with Gasteiger partial charge in [-0.05, 0) is 43.5 Å². The molecule has 0 saturated heterocycles. The van der Waals surface area contributed by atoms with Crippen LogP contribution in [0.5, 0.6) is 5.75 Å². The molecule has 0 amide bonds. The summed E-state index contributed by atoms with van der Waals surface area (Å²) in [5.74, 6) is 0.811. The van der Waals surface area contributed by atoms with Crippen LogP contribution in [-0.4, -0.2) is 12.1 Å². The third-order valence-electron chi connectivity index (χ3n) is 3.27. The summed E-state index contributed by atoms with van der Waals surface area (Å²) in [4.78, 5) is 0. The topological polar surface area (TPSA) is 59.0 Å². The minimum absolute atomic E-state index is 0.116. The molecule has 0 radical (unpaired) electrons. The smallest absolute Gasteiger partial charge is 0.119 e. The second-order valence-corrected chi connectivity index (χ2v) is 4.59. The van der Waals surface area contributed by atoms with Crippen LogP contribution in [0.15, 0.2) is 24.3 Å². The van der Waals surface area contributed by atoms with Crippen molar-refractivity contribution in [1.82, 2.24) is 0 Å². The molecule has 0 aromatic heterocycles. The molecular formula is C14H18N2O. The van der Waals surface area contributed by atoms with Gasteiger partial charge in [-0.25, -0.2) is 0 Å². The van der Waals surface area contributed by atoms with Gasteiger partial charge in [0.1, 0.15) is 11.9 Å². The lowest BCUT2D eigenvalue weighted by Gasteiger charge is -2.22. The first kappa shape index (κ1) is 11.9. The zero-order chi connectivity index (χ0) is 12.1. The van der Waals surface area contributed by atoms with E-state index in [4.69, 9.17) is 15.7 Å². The predicted octanol–water partition coefficient (Wildman–Crippen LogP) is 2.60. The monoisotopic (exact) mass is 230 g/mol. The van der Waals surface area contributed by atoms with Gasteiger partial charge in [-0.3, -0.25) is 0 Å². The normalized spacial score (nSPS) is 24.7. The fourth-order valence-electron chi connectivity index (χ4n) is 2.23. The lowest BCUT2D eigenvalue weighted by atomic mass is 10.1. The highest BCUT2D eigenvalue weighted by molar-refractivity contribution is 5.34. The summed E-state index contributed by atoms with van der Waals surface area (Å²) in [5.41, 5.74) is 6.76. The highest BCUT2D eigenvalue weighted by Crippen LogP contribution is 2.22. The van der Waals surface area contributed by atoms with Crippen molar-refractivity contribution in [3.63, 3.8) is 0 Å². The van der Waals surface area contributed by atoms with Crippen molar-refractivity contribution in [1.29, 1.82) is 5.26 Å². The largest absolute Gasteiger partial charge is 0.489 e. The Morgan fingerprint density at radius 2 is 1.82 bits per heavy atom. The number of nitrogens with two attached hydrogens (primary N) is 1. The van der Waals surface area contributed by atoms with Gasteiger partial charge in [0.25, 0.3) is 0 Å². The van der Waals surface area contributed by atoms with E-state index < -0.39 is 0 Å². The molecule has 17 heavy (non-hydrogen) atoms. The molecule has 2 rings (SSSR count). The van der Waals surface area contributed by atoms with E-state index in [9.17, 15) is 0 Å². The highest BCUT2D eigenvalue weighted by atomic mass is 16.5. The number of nitriles is 1. The summed E-state index contributed by atoms with van der Waals surface area (Å²) in [6.07, 6.45) is 5.83. The van der Waals surface area contributed by atoms with Crippen LogP contribution in [-0.2, 0) is 0 Å². The van der Waals surface area contributed by atoms with Gasteiger partial charge in [0, 0.05) is 6.04 Å². The molecule has 1 aromatic carbocycles. The first-order valence-electron chi connectivity index (χ1n) is 6.22. The highest BCUT2D eigenvalue weighted by Gasteiger charge is 2.21. The lowest BCUT2D eigenvalue weighted by Crippen LogP contribution is -2.37. The molecule has 1 aliphatic carbocycles. The zero-order valence-corrected chi connectivity index (χ0v) is 9.93. The average molecular weight is 230 g/mol. The predicted molar refractivity (Wildman–Crippen MR) is 66.6 cm³/mol. The summed E-state index contributed by atoms with van der Waals surface area (Å²) >= 11 is 0. The van der Waals surface area contributed by atoms with Gasteiger partial charge in [-0.2, -0.15) is 5.26 Å². The van der Waals surface area contributed by atoms with Crippen LogP contribution in [0.2, 0.25) is 0 Å². The third kappa shape index (κ3) is 3.21. The molecule has 3 heteroatoms. The van der Waals surface area contributed by atoms with E-state index in [0.29, 0.717) is 5.56 Å². The van der Waals surface area contributed by atoms with Gasteiger partial charge in [0.15, 0.2) is 0 Å². The van der Waals surface area contributed by atoms with E-state index in [1.807, 2.05) is 12.1 Å². The van der Waals surface area contributed by atoms with E-state index in [1.165, 1.54) is 19.3 Å². The number of benzene rings is 1. The summed E-state index contributed by atoms with van der Waals surface area (Å²) < 4.78 is 5.91. The average Bonchev–Trinajstić information content (AvgIpc) is 2.56. The molecule has 3 nitrogen and oxygen atoms in total. The molecule has 2 unspecified atom stereocenters. The molecular weight excluding hydrogens is 212 g/mol. The maximum absolute atomic E-state index is 8.72. The van der Waals surface area contributed by atoms with Crippen molar-refractivity contribution < 1.29 is 4.74 Å². The van der Waals surface area contributed by atoms with E-state index in [-0.39, 0.29) is 12.1 Å². The first-order valence-corrected chi connectivity index (χ1v) is 6.22. The Bertz CT molecular complexity index is 394. The lowest BCUT2D eigenvalue weighted by molar-refractivity contribution is 0.163. The Hall–Kier alpha value is -1.53. The zero-order valence-electron chi connectivity index (χ0n) is 9.93. The minimum atomic E-state index is 0.116. The standard InChI is InChI=1S/C14H18N2O/c15-10-11-6-8-12(9-7-11)17-14-5-3-1-2-4-13(14)16/h6-9,13-14H,1-5,16H2. The molecule has 0 bridgehead atoms. The molecule has 0 heterocycles. The van der Waals surface area contributed by atoms with Crippen molar-refractivity contribution in [3.8, 4) is 11.8 Å². The van der Waals surface area contributed by atoms with Gasteiger partial charge < -0.3 is 10.5 Å². The Balaban J connectivity index is 2.01. The van der Waals surface area contributed by atoms with Crippen LogP contribution in [0.4, 0.5) is 0 Å². The Morgan fingerprint density at radius 3 is 2.53 bits per heavy atom. The van der Waals surface area contributed by atoms with E-state index >= 15 is 0 Å². The van der Waals surface area contributed by atoms with Crippen molar-refractivity contribution >= 4 is 0 Å². The van der Waals surface area contributed by atoms with E-state index in [1.54, 1.807) is 12.1 Å². The van der Waals surface area contributed by atoms with E-state index in [2.05, 4.69) is 6.07 Å². The van der Waals surface area contributed by atoms with Crippen molar-refractivity contribution in [3.05, 3.63) is 29.8 Å². The molecule has 1 saturated carbocycles.